The van der Waals surface area contributed by atoms with Crippen molar-refractivity contribution < 1.29 is 18.0 Å². The quantitative estimate of drug-likeness (QED) is 0.803. The minimum atomic E-state index is -4.35. The molecule has 0 heterocycles. The van der Waals surface area contributed by atoms with E-state index in [-0.39, 0.29) is 25.5 Å². The number of hydrogen-bond acceptors (Lipinski definition) is 2. The summed E-state index contributed by atoms with van der Waals surface area (Å²) in [4.78, 5) is 11.7. The van der Waals surface area contributed by atoms with Gasteiger partial charge in [0.2, 0.25) is 5.91 Å². The Labute approximate surface area is 93.2 Å². The highest BCUT2D eigenvalue weighted by Crippen LogP contribution is 2.16. The third-order valence-electron chi connectivity index (χ3n) is 1.68. The smallest absolute Gasteiger partial charge is 0.332 e. The molecular formula is C8H16ClF3N2O. The Morgan fingerprint density at radius 1 is 1.40 bits per heavy atom. The lowest BCUT2D eigenvalue weighted by Gasteiger charge is -2.23. The van der Waals surface area contributed by atoms with Gasteiger partial charge in [-0.1, -0.05) is 13.3 Å². The predicted octanol–water partition coefficient (Wildman–Crippen LogP) is 1.56. The fourth-order valence-corrected chi connectivity index (χ4v) is 0.986. The van der Waals surface area contributed by atoms with E-state index in [1.165, 1.54) is 0 Å². The molecule has 3 nitrogen and oxygen atoms in total. The van der Waals surface area contributed by atoms with Gasteiger partial charge in [-0.05, 0) is 6.42 Å². The maximum atomic E-state index is 12.0. The summed E-state index contributed by atoms with van der Waals surface area (Å²) >= 11 is 0. The van der Waals surface area contributed by atoms with Crippen LogP contribution in [0.15, 0.2) is 0 Å². The average molecular weight is 249 g/mol. The van der Waals surface area contributed by atoms with Crippen molar-refractivity contribution in [2.45, 2.75) is 25.9 Å². The molecular weight excluding hydrogens is 233 g/mol. The molecule has 0 spiro atoms. The van der Waals surface area contributed by atoms with E-state index in [1.807, 2.05) is 6.92 Å². The van der Waals surface area contributed by atoms with Crippen LogP contribution in [0, 0.1) is 0 Å². The number of halogens is 4. The van der Waals surface area contributed by atoms with E-state index in [1.54, 1.807) is 0 Å². The van der Waals surface area contributed by atoms with E-state index in [0.29, 0.717) is 6.42 Å². The third-order valence-corrected chi connectivity index (χ3v) is 1.68. The monoisotopic (exact) mass is 248 g/mol. The number of amides is 1. The molecule has 7 heteroatoms. The molecule has 0 aliphatic carbocycles. The van der Waals surface area contributed by atoms with Gasteiger partial charge in [-0.3, -0.25) is 4.79 Å². The van der Waals surface area contributed by atoms with Gasteiger partial charge in [-0.2, -0.15) is 13.2 Å². The Kier molecular flexibility index (Phi) is 8.75. The molecule has 15 heavy (non-hydrogen) atoms. The fourth-order valence-electron chi connectivity index (χ4n) is 0.986. The van der Waals surface area contributed by atoms with Gasteiger partial charge in [0.1, 0.15) is 6.54 Å². The second-order valence-electron chi connectivity index (χ2n) is 2.99. The van der Waals surface area contributed by atoms with Crippen LogP contribution in [0.1, 0.15) is 19.8 Å². The zero-order valence-corrected chi connectivity index (χ0v) is 9.33. The summed E-state index contributed by atoms with van der Waals surface area (Å²) in [5.41, 5.74) is 5.00. The molecule has 92 valence electrons. The fraction of sp³-hybridized carbons (Fsp3) is 0.875. The number of alkyl halides is 3. The summed E-state index contributed by atoms with van der Waals surface area (Å²) in [6, 6.07) is 0. The highest BCUT2D eigenvalue weighted by molar-refractivity contribution is 5.85. The van der Waals surface area contributed by atoms with Crippen LogP contribution in [0.3, 0.4) is 0 Å². The van der Waals surface area contributed by atoms with Gasteiger partial charge in [0.15, 0.2) is 0 Å². The molecule has 0 atom stereocenters. The molecule has 0 rings (SSSR count). The van der Waals surface area contributed by atoms with Gasteiger partial charge < -0.3 is 10.6 Å². The molecule has 0 unspecified atom stereocenters. The van der Waals surface area contributed by atoms with Gasteiger partial charge in [-0.15, -0.1) is 12.4 Å². The molecule has 0 aromatic carbocycles. The van der Waals surface area contributed by atoms with Crippen molar-refractivity contribution in [2.24, 2.45) is 5.73 Å². The number of unbranched alkanes of at least 4 members (excludes halogenated alkanes) is 1. The van der Waals surface area contributed by atoms with Crippen LogP contribution in [0.4, 0.5) is 13.2 Å². The van der Waals surface area contributed by atoms with E-state index in [9.17, 15) is 18.0 Å². The minimum Gasteiger partial charge on any atom is -0.332 e. The average Bonchev–Trinajstić information content (AvgIpc) is 2.09. The van der Waals surface area contributed by atoms with Crippen LogP contribution in [-0.2, 0) is 4.79 Å². The summed E-state index contributed by atoms with van der Waals surface area (Å²) in [5, 5.41) is 0. The first-order valence-electron chi connectivity index (χ1n) is 4.45. The molecule has 0 aromatic heterocycles. The standard InChI is InChI=1S/C8H15F3N2O.ClH/c1-2-3-4-13(7(14)5-12)6-8(9,10)11;/h2-6,12H2,1H3;1H. The molecule has 0 aromatic rings. The summed E-state index contributed by atoms with van der Waals surface area (Å²) in [7, 11) is 0. The first-order valence-corrected chi connectivity index (χ1v) is 4.45. The molecule has 2 N–H and O–H groups in total. The maximum Gasteiger partial charge on any atom is 0.406 e. The Hall–Kier alpha value is -0.490. The molecule has 0 aliphatic rings. The molecule has 0 aliphatic heterocycles. The van der Waals surface area contributed by atoms with Gasteiger partial charge in [0.25, 0.3) is 0 Å². The van der Waals surface area contributed by atoms with Crippen molar-refractivity contribution in [3.05, 3.63) is 0 Å². The van der Waals surface area contributed by atoms with Crippen molar-refractivity contribution >= 4 is 18.3 Å². The van der Waals surface area contributed by atoms with Crippen LogP contribution < -0.4 is 5.73 Å². The van der Waals surface area contributed by atoms with Crippen molar-refractivity contribution in [2.75, 3.05) is 19.6 Å². The highest BCUT2D eigenvalue weighted by atomic mass is 35.5. The first-order chi connectivity index (χ1) is 6.40. The predicted molar refractivity (Wildman–Crippen MR) is 53.8 cm³/mol. The van der Waals surface area contributed by atoms with Crippen LogP contribution >= 0.6 is 12.4 Å². The normalized spacial score (nSPS) is 10.7. The first kappa shape index (κ1) is 16.9. The number of rotatable bonds is 5. The van der Waals surface area contributed by atoms with E-state index >= 15 is 0 Å². The Balaban J connectivity index is 0. The number of hydrogen-bond donors (Lipinski definition) is 1. The lowest BCUT2D eigenvalue weighted by molar-refractivity contribution is -0.160. The van der Waals surface area contributed by atoms with Crippen LogP contribution in [0.25, 0.3) is 0 Å². The van der Waals surface area contributed by atoms with Crippen LogP contribution in [-0.4, -0.2) is 36.6 Å². The van der Waals surface area contributed by atoms with Crippen LogP contribution in [0.5, 0.6) is 0 Å². The van der Waals surface area contributed by atoms with Crippen molar-refractivity contribution in [1.82, 2.24) is 4.90 Å². The number of carbonyl (C=O) groups excluding carboxylic acids is 1. The van der Waals surface area contributed by atoms with Crippen molar-refractivity contribution in [3.63, 3.8) is 0 Å². The number of carbonyl (C=O) groups is 1. The SMILES string of the molecule is CCCCN(CC(F)(F)F)C(=O)CN.Cl. The van der Waals surface area contributed by atoms with Crippen LogP contribution in [0.2, 0.25) is 0 Å². The van der Waals surface area contributed by atoms with Crippen molar-refractivity contribution in [3.8, 4) is 0 Å². The summed E-state index contributed by atoms with van der Waals surface area (Å²) in [5.74, 6) is -0.657. The van der Waals surface area contributed by atoms with Gasteiger partial charge in [-0.25, -0.2) is 0 Å². The molecule has 0 fully saturated rings. The van der Waals surface area contributed by atoms with E-state index in [2.05, 4.69) is 0 Å². The van der Waals surface area contributed by atoms with Gasteiger partial charge in [0.05, 0.1) is 6.54 Å². The molecule has 1 amide bonds. The Morgan fingerprint density at radius 2 is 1.93 bits per heavy atom. The second-order valence-corrected chi connectivity index (χ2v) is 2.99. The third kappa shape index (κ3) is 8.50. The molecule has 0 saturated carbocycles. The number of nitrogens with zero attached hydrogens (tertiary/aromatic N) is 1. The summed E-state index contributed by atoms with van der Waals surface area (Å²) in [6.45, 7) is 0.383. The molecule has 0 saturated heterocycles. The minimum absolute atomic E-state index is 0. The van der Waals surface area contributed by atoms with E-state index < -0.39 is 18.6 Å². The Morgan fingerprint density at radius 3 is 2.27 bits per heavy atom. The highest BCUT2D eigenvalue weighted by Gasteiger charge is 2.32. The largest absolute Gasteiger partial charge is 0.406 e. The van der Waals surface area contributed by atoms with E-state index in [0.717, 1.165) is 11.3 Å². The summed E-state index contributed by atoms with van der Waals surface area (Å²) in [6.07, 6.45) is -3.05. The summed E-state index contributed by atoms with van der Waals surface area (Å²) < 4.78 is 36.0. The second kappa shape index (κ2) is 7.76. The lowest BCUT2D eigenvalue weighted by Crippen LogP contribution is -2.42. The topological polar surface area (TPSA) is 46.3 Å². The molecule has 0 radical (unpaired) electrons. The number of nitrogens with two attached hydrogens (primary N) is 1. The lowest BCUT2D eigenvalue weighted by atomic mass is 10.3. The Bertz CT molecular complexity index is 187. The zero-order valence-electron chi connectivity index (χ0n) is 8.51. The maximum absolute atomic E-state index is 12.0. The van der Waals surface area contributed by atoms with E-state index in [4.69, 9.17) is 5.73 Å². The van der Waals surface area contributed by atoms with Crippen molar-refractivity contribution in [1.29, 1.82) is 0 Å². The zero-order chi connectivity index (χ0) is 11.2. The van der Waals surface area contributed by atoms with Gasteiger partial charge in [0, 0.05) is 6.54 Å². The van der Waals surface area contributed by atoms with Gasteiger partial charge >= 0.3 is 6.18 Å². The molecule has 0 bridgehead atoms.